The van der Waals surface area contributed by atoms with Crippen LogP contribution in [0.15, 0.2) is 54.6 Å². The summed E-state index contributed by atoms with van der Waals surface area (Å²) in [6.45, 7) is 12.1. The molecule has 0 bridgehead atoms. The van der Waals surface area contributed by atoms with Crippen LogP contribution in [0.3, 0.4) is 0 Å². The summed E-state index contributed by atoms with van der Waals surface area (Å²) in [5, 5.41) is 0. The first-order chi connectivity index (χ1) is 14.3. The molecule has 2 aromatic carbocycles. The smallest absolute Gasteiger partial charge is 0.119 e. The summed E-state index contributed by atoms with van der Waals surface area (Å²) in [7, 11) is 0. The van der Waals surface area contributed by atoms with Crippen LogP contribution in [0.2, 0.25) is 0 Å². The molecule has 2 heterocycles. The molecule has 0 saturated carbocycles. The Kier molecular flexibility index (Phi) is 7.20. The monoisotopic (exact) mass is 393 g/mol. The van der Waals surface area contributed by atoms with Gasteiger partial charge in [-0.05, 0) is 56.1 Å². The van der Waals surface area contributed by atoms with Crippen molar-refractivity contribution in [3.8, 4) is 5.75 Å². The third-order valence-electron chi connectivity index (χ3n) is 6.37. The summed E-state index contributed by atoms with van der Waals surface area (Å²) in [6, 6.07) is 20.3. The highest BCUT2D eigenvalue weighted by atomic mass is 16.5. The highest BCUT2D eigenvalue weighted by Crippen LogP contribution is 2.21. The lowest BCUT2D eigenvalue weighted by atomic mass is 10.0. The quantitative estimate of drug-likeness (QED) is 0.711. The standard InChI is InChI=1S/C25H35N3O/c1-2-29-25-10-8-23(9-11-25)21-27-16-18-28(19-17-27)24-12-14-26(15-13-24)20-22-6-4-3-5-7-22/h3-11,24H,2,12-21H2,1H3. The van der Waals surface area contributed by atoms with Gasteiger partial charge in [0.25, 0.3) is 0 Å². The van der Waals surface area contributed by atoms with Crippen molar-refractivity contribution in [2.24, 2.45) is 0 Å². The summed E-state index contributed by atoms with van der Waals surface area (Å²) in [5.74, 6) is 0.972. The molecule has 4 rings (SSSR count). The maximum atomic E-state index is 5.55. The van der Waals surface area contributed by atoms with Gasteiger partial charge in [-0.25, -0.2) is 0 Å². The third-order valence-corrected chi connectivity index (χ3v) is 6.37. The Labute approximate surface area is 176 Å². The molecule has 2 aliphatic rings. The second kappa shape index (κ2) is 10.2. The molecule has 0 radical (unpaired) electrons. The molecule has 0 atom stereocenters. The highest BCUT2D eigenvalue weighted by Gasteiger charge is 2.27. The van der Waals surface area contributed by atoms with E-state index in [0.29, 0.717) is 0 Å². The molecule has 0 N–H and O–H groups in total. The highest BCUT2D eigenvalue weighted by molar-refractivity contribution is 5.27. The van der Waals surface area contributed by atoms with Crippen LogP contribution in [0.4, 0.5) is 0 Å². The molecule has 0 unspecified atom stereocenters. The molecule has 4 heteroatoms. The van der Waals surface area contributed by atoms with E-state index < -0.39 is 0 Å². The van der Waals surface area contributed by atoms with E-state index >= 15 is 0 Å². The molecule has 2 aromatic rings. The van der Waals surface area contributed by atoms with Crippen molar-refractivity contribution >= 4 is 0 Å². The topological polar surface area (TPSA) is 19.0 Å². The molecule has 4 nitrogen and oxygen atoms in total. The first-order valence-corrected chi connectivity index (χ1v) is 11.2. The van der Waals surface area contributed by atoms with Gasteiger partial charge >= 0.3 is 0 Å². The van der Waals surface area contributed by atoms with Crippen molar-refractivity contribution in [3.05, 3.63) is 65.7 Å². The first-order valence-electron chi connectivity index (χ1n) is 11.2. The van der Waals surface area contributed by atoms with Gasteiger partial charge in [-0.15, -0.1) is 0 Å². The molecule has 2 saturated heterocycles. The summed E-state index contributed by atoms with van der Waals surface area (Å²) in [6.07, 6.45) is 2.62. The molecule has 156 valence electrons. The zero-order chi connectivity index (χ0) is 19.9. The number of rotatable bonds is 7. The van der Waals surface area contributed by atoms with Crippen molar-refractivity contribution in [2.75, 3.05) is 45.9 Å². The average molecular weight is 394 g/mol. The van der Waals surface area contributed by atoms with Crippen LogP contribution in [0.1, 0.15) is 30.9 Å². The number of nitrogens with zero attached hydrogens (tertiary/aromatic N) is 3. The summed E-state index contributed by atoms with van der Waals surface area (Å²) < 4.78 is 5.55. The summed E-state index contributed by atoms with van der Waals surface area (Å²) >= 11 is 0. The van der Waals surface area contributed by atoms with Gasteiger partial charge in [-0.3, -0.25) is 14.7 Å². The van der Waals surface area contributed by atoms with Gasteiger partial charge in [-0.1, -0.05) is 42.5 Å². The van der Waals surface area contributed by atoms with Gasteiger partial charge in [0.2, 0.25) is 0 Å². The summed E-state index contributed by atoms with van der Waals surface area (Å²) in [5.41, 5.74) is 2.82. The minimum atomic E-state index is 0.729. The lowest BCUT2D eigenvalue weighted by Crippen LogP contribution is -2.52. The van der Waals surface area contributed by atoms with Gasteiger partial charge in [0.1, 0.15) is 5.75 Å². The maximum absolute atomic E-state index is 5.55. The fourth-order valence-corrected chi connectivity index (χ4v) is 4.69. The molecular weight excluding hydrogens is 358 g/mol. The molecule has 0 spiro atoms. The van der Waals surface area contributed by atoms with Crippen LogP contribution >= 0.6 is 0 Å². The molecule has 2 aliphatic heterocycles. The Bertz CT molecular complexity index is 717. The minimum absolute atomic E-state index is 0.729. The lowest BCUT2D eigenvalue weighted by Gasteiger charge is -2.42. The van der Waals surface area contributed by atoms with Crippen LogP contribution in [0.25, 0.3) is 0 Å². The zero-order valence-electron chi connectivity index (χ0n) is 17.8. The predicted octanol–water partition coefficient (Wildman–Crippen LogP) is 3.87. The fraction of sp³-hybridized carbons (Fsp3) is 0.520. The van der Waals surface area contributed by atoms with Gasteiger partial charge in [0.15, 0.2) is 0 Å². The van der Waals surface area contributed by atoms with Crippen LogP contribution in [0, 0.1) is 0 Å². The van der Waals surface area contributed by atoms with Crippen LogP contribution < -0.4 is 4.74 Å². The second-order valence-electron chi connectivity index (χ2n) is 8.38. The van der Waals surface area contributed by atoms with E-state index in [-0.39, 0.29) is 0 Å². The number of ether oxygens (including phenoxy) is 1. The number of hydrogen-bond acceptors (Lipinski definition) is 4. The molecular formula is C25H35N3O. The minimum Gasteiger partial charge on any atom is -0.494 e. The molecule has 0 aromatic heterocycles. The van der Waals surface area contributed by atoms with E-state index in [4.69, 9.17) is 4.74 Å². The molecule has 29 heavy (non-hydrogen) atoms. The van der Waals surface area contributed by atoms with E-state index in [1.807, 2.05) is 6.92 Å². The number of likely N-dealkylation sites (tertiary alicyclic amines) is 1. The van der Waals surface area contributed by atoms with Gasteiger partial charge in [0, 0.05) is 45.3 Å². The molecule has 0 aliphatic carbocycles. The average Bonchev–Trinajstić information content (AvgIpc) is 2.77. The zero-order valence-corrected chi connectivity index (χ0v) is 17.8. The number of hydrogen-bond donors (Lipinski definition) is 0. The van der Waals surface area contributed by atoms with Gasteiger partial charge < -0.3 is 4.74 Å². The number of piperidine rings is 1. The summed E-state index contributed by atoms with van der Waals surface area (Å²) in [4.78, 5) is 7.96. The fourth-order valence-electron chi connectivity index (χ4n) is 4.69. The van der Waals surface area contributed by atoms with Crippen LogP contribution in [0.5, 0.6) is 5.75 Å². The Hall–Kier alpha value is -1.88. The number of piperazine rings is 1. The second-order valence-corrected chi connectivity index (χ2v) is 8.38. The van der Waals surface area contributed by atoms with Crippen molar-refractivity contribution in [2.45, 2.75) is 38.9 Å². The Balaban J connectivity index is 1.18. The van der Waals surface area contributed by atoms with E-state index in [1.54, 1.807) is 0 Å². The molecule has 0 amide bonds. The van der Waals surface area contributed by atoms with Crippen molar-refractivity contribution in [3.63, 3.8) is 0 Å². The Morgan fingerprint density at radius 1 is 0.724 bits per heavy atom. The first kappa shape index (κ1) is 20.4. The van der Waals surface area contributed by atoms with Crippen molar-refractivity contribution in [1.29, 1.82) is 0 Å². The maximum Gasteiger partial charge on any atom is 0.119 e. The number of benzene rings is 2. The van der Waals surface area contributed by atoms with E-state index in [9.17, 15) is 0 Å². The van der Waals surface area contributed by atoms with Crippen LogP contribution in [-0.4, -0.2) is 66.6 Å². The Morgan fingerprint density at radius 2 is 1.31 bits per heavy atom. The van der Waals surface area contributed by atoms with Crippen molar-refractivity contribution in [1.82, 2.24) is 14.7 Å². The SMILES string of the molecule is CCOc1ccc(CN2CCN(C3CCN(Cc4ccccc4)CC3)CC2)cc1. The predicted molar refractivity (Wildman–Crippen MR) is 119 cm³/mol. The van der Waals surface area contributed by atoms with Crippen molar-refractivity contribution < 1.29 is 4.74 Å². The normalized spacial score (nSPS) is 20.0. The van der Waals surface area contributed by atoms with Gasteiger partial charge in [-0.2, -0.15) is 0 Å². The van der Waals surface area contributed by atoms with E-state index in [0.717, 1.165) is 31.5 Å². The van der Waals surface area contributed by atoms with E-state index in [2.05, 4.69) is 69.3 Å². The Morgan fingerprint density at radius 3 is 1.93 bits per heavy atom. The lowest BCUT2D eigenvalue weighted by molar-refractivity contribution is 0.0550. The van der Waals surface area contributed by atoms with Gasteiger partial charge in [0.05, 0.1) is 6.61 Å². The molecule has 2 fully saturated rings. The largest absolute Gasteiger partial charge is 0.494 e. The van der Waals surface area contributed by atoms with Crippen LogP contribution in [-0.2, 0) is 13.1 Å². The van der Waals surface area contributed by atoms with E-state index in [1.165, 1.54) is 63.2 Å². The third kappa shape index (κ3) is 5.81.